The van der Waals surface area contributed by atoms with Crippen LogP contribution in [-0.4, -0.2) is 47.7 Å². The molecule has 0 bridgehead atoms. The van der Waals surface area contributed by atoms with Crippen LogP contribution in [0.2, 0.25) is 0 Å². The highest BCUT2D eigenvalue weighted by Gasteiger charge is 2.26. The third kappa shape index (κ3) is 5.07. The summed E-state index contributed by atoms with van der Waals surface area (Å²) in [5.74, 6) is -0.839. The van der Waals surface area contributed by atoms with Gasteiger partial charge < -0.3 is 15.2 Å². The van der Waals surface area contributed by atoms with E-state index in [1.54, 1.807) is 0 Å². The molecule has 2 N–H and O–H groups in total. The molecule has 1 aromatic rings. The second-order valence-electron chi connectivity index (χ2n) is 5.10. The Morgan fingerprint density at radius 3 is 2.81 bits per heavy atom. The molecule has 0 spiro atoms. The van der Waals surface area contributed by atoms with Gasteiger partial charge in [0.2, 0.25) is 0 Å². The number of nitrogens with zero attached hydrogens (tertiary/aromatic N) is 1. The van der Waals surface area contributed by atoms with E-state index in [1.165, 1.54) is 0 Å². The van der Waals surface area contributed by atoms with Gasteiger partial charge in [0.05, 0.1) is 6.54 Å². The highest BCUT2D eigenvalue weighted by molar-refractivity contribution is 5.69. The van der Waals surface area contributed by atoms with Gasteiger partial charge >= 0.3 is 12.1 Å². The van der Waals surface area contributed by atoms with E-state index in [1.807, 2.05) is 35.2 Å². The molecule has 114 valence electrons. The molecule has 1 heterocycles. The lowest BCUT2D eigenvalue weighted by molar-refractivity contribution is -0.138. The summed E-state index contributed by atoms with van der Waals surface area (Å²) in [7, 11) is 0. The minimum Gasteiger partial charge on any atom is -0.480 e. The Kier molecular flexibility index (Phi) is 5.57. The zero-order chi connectivity index (χ0) is 15.1. The van der Waals surface area contributed by atoms with Crippen LogP contribution >= 0.6 is 0 Å². The summed E-state index contributed by atoms with van der Waals surface area (Å²) in [5, 5.41) is 11.5. The number of aliphatic carboxylic acids is 1. The van der Waals surface area contributed by atoms with Crippen LogP contribution in [-0.2, 0) is 16.1 Å². The van der Waals surface area contributed by atoms with Crippen molar-refractivity contribution in [2.75, 3.05) is 19.6 Å². The van der Waals surface area contributed by atoms with E-state index in [0.717, 1.165) is 24.9 Å². The topological polar surface area (TPSA) is 78.9 Å². The number of amides is 1. The smallest absolute Gasteiger partial charge is 0.407 e. The molecule has 2 rings (SSSR count). The van der Waals surface area contributed by atoms with Gasteiger partial charge in [0, 0.05) is 12.6 Å². The number of rotatable bonds is 6. The Labute approximate surface area is 123 Å². The first kappa shape index (κ1) is 15.3. The molecule has 6 nitrogen and oxygen atoms in total. The summed E-state index contributed by atoms with van der Waals surface area (Å²) < 4.78 is 5.12. The van der Waals surface area contributed by atoms with E-state index in [0.29, 0.717) is 6.54 Å². The van der Waals surface area contributed by atoms with E-state index < -0.39 is 12.1 Å². The highest BCUT2D eigenvalue weighted by atomic mass is 16.5. The minimum absolute atomic E-state index is 0.0193. The first-order valence-electron chi connectivity index (χ1n) is 7.05. The molecular formula is C15H20N2O4. The zero-order valence-electron chi connectivity index (χ0n) is 11.8. The molecule has 0 aromatic heterocycles. The molecule has 1 saturated heterocycles. The van der Waals surface area contributed by atoms with Crippen molar-refractivity contribution in [3.63, 3.8) is 0 Å². The van der Waals surface area contributed by atoms with Gasteiger partial charge in [-0.1, -0.05) is 30.3 Å². The Bertz CT molecular complexity index is 478. The van der Waals surface area contributed by atoms with Crippen LogP contribution in [0.15, 0.2) is 30.3 Å². The molecule has 1 aliphatic heterocycles. The van der Waals surface area contributed by atoms with Crippen molar-refractivity contribution in [1.29, 1.82) is 0 Å². The third-order valence-corrected chi connectivity index (χ3v) is 3.53. The fourth-order valence-electron chi connectivity index (χ4n) is 2.48. The number of carboxylic acids is 1. The average Bonchev–Trinajstić information content (AvgIpc) is 2.90. The largest absolute Gasteiger partial charge is 0.480 e. The van der Waals surface area contributed by atoms with Crippen LogP contribution in [0.3, 0.4) is 0 Å². The van der Waals surface area contributed by atoms with Crippen LogP contribution in [0.4, 0.5) is 4.79 Å². The molecule has 1 fully saturated rings. The fourth-order valence-corrected chi connectivity index (χ4v) is 2.48. The monoisotopic (exact) mass is 292 g/mol. The molecule has 6 heteroatoms. The molecule has 0 unspecified atom stereocenters. The van der Waals surface area contributed by atoms with Gasteiger partial charge in [-0.15, -0.1) is 0 Å². The van der Waals surface area contributed by atoms with Crippen molar-refractivity contribution in [1.82, 2.24) is 10.2 Å². The Hall–Kier alpha value is -2.08. The second kappa shape index (κ2) is 7.64. The van der Waals surface area contributed by atoms with Gasteiger partial charge in [0.25, 0.3) is 0 Å². The van der Waals surface area contributed by atoms with Gasteiger partial charge in [0.15, 0.2) is 0 Å². The number of ether oxygens (including phenoxy) is 1. The number of carboxylic acid groups (broad SMARTS) is 1. The average molecular weight is 292 g/mol. The summed E-state index contributed by atoms with van der Waals surface area (Å²) >= 11 is 0. The van der Waals surface area contributed by atoms with Gasteiger partial charge in [-0.05, 0) is 24.9 Å². The van der Waals surface area contributed by atoms with Crippen molar-refractivity contribution in [3.05, 3.63) is 35.9 Å². The predicted octanol–water partition coefficient (Wildman–Crippen LogP) is 1.46. The molecular weight excluding hydrogens is 272 g/mol. The minimum atomic E-state index is -0.839. The van der Waals surface area contributed by atoms with Gasteiger partial charge in [-0.2, -0.15) is 0 Å². The lowest BCUT2D eigenvalue weighted by Gasteiger charge is -2.22. The Morgan fingerprint density at radius 1 is 1.33 bits per heavy atom. The van der Waals surface area contributed by atoms with Crippen LogP contribution < -0.4 is 5.32 Å². The van der Waals surface area contributed by atoms with E-state index in [9.17, 15) is 9.59 Å². The Morgan fingerprint density at radius 2 is 2.10 bits per heavy atom. The lowest BCUT2D eigenvalue weighted by Crippen LogP contribution is -2.42. The van der Waals surface area contributed by atoms with Crippen molar-refractivity contribution < 1.29 is 19.4 Å². The van der Waals surface area contributed by atoms with E-state index in [-0.39, 0.29) is 19.2 Å². The van der Waals surface area contributed by atoms with Crippen LogP contribution in [0.1, 0.15) is 18.4 Å². The third-order valence-electron chi connectivity index (χ3n) is 3.53. The van der Waals surface area contributed by atoms with Crippen molar-refractivity contribution >= 4 is 12.1 Å². The predicted molar refractivity (Wildman–Crippen MR) is 76.9 cm³/mol. The van der Waals surface area contributed by atoms with Crippen LogP contribution in [0, 0.1) is 0 Å². The van der Waals surface area contributed by atoms with E-state index in [4.69, 9.17) is 9.84 Å². The number of carbonyl (C=O) groups excluding carboxylic acids is 1. The number of hydrogen-bond donors (Lipinski definition) is 2. The normalized spacial score (nSPS) is 18.4. The quantitative estimate of drug-likeness (QED) is 0.830. The highest BCUT2D eigenvalue weighted by Crippen LogP contribution is 2.15. The Balaban J connectivity index is 1.70. The maximum Gasteiger partial charge on any atom is 0.407 e. The maximum atomic E-state index is 11.6. The molecule has 1 atom stereocenters. The maximum absolute atomic E-state index is 11.6. The molecule has 21 heavy (non-hydrogen) atoms. The first-order chi connectivity index (χ1) is 10.1. The number of hydrogen-bond acceptors (Lipinski definition) is 4. The van der Waals surface area contributed by atoms with E-state index in [2.05, 4.69) is 5.32 Å². The van der Waals surface area contributed by atoms with E-state index >= 15 is 0 Å². The SMILES string of the molecule is O=C(O)CN1CCC[C@H]1CNC(=O)OCc1ccccc1. The number of carbonyl (C=O) groups is 2. The number of alkyl carbamates (subject to hydrolysis) is 1. The van der Waals surface area contributed by atoms with Crippen LogP contribution in [0.5, 0.6) is 0 Å². The summed E-state index contributed by atoms with van der Waals surface area (Å²) in [6.07, 6.45) is 1.38. The molecule has 1 aromatic carbocycles. The number of likely N-dealkylation sites (tertiary alicyclic amines) is 1. The molecule has 0 aliphatic carbocycles. The van der Waals surface area contributed by atoms with Crippen molar-refractivity contribution in [2.24, 2.45) is 0 Å². The molecule has 0 saturated carbocycles. The molecule has 1 amide bonds. The van der Waals surface area contributed by atoms with Gasteiger partial charge in [-0.3, -0.25) is 9.69 Å². The van der Waals surface area contributed by atoms with Gasteiger partial charge in [0.1, 0.15) is 6.61 Å². The standard InChI is InChI=1S/C15H20N2O4/c18-14(19)10-17-8-4-7-13(17)9-16-15(20)21-11-12-5-2-1-3-6-12/h1-3,5-6,13H,4,7-11H2,(H,16,20)(H,18,19)/t13-/m0/s1. The summed E-state index contributed by atoms with van der Waals surface area (Å²) in [5.41, 5.74) is 0.932. The second-order valence-corrected chi connectivity index (χ2v) is 5.10. The summed E-state index contributed by atoms with van der Waals surface area (Å²) in [4.78, 5) is 24.3. The van der Waals surface area contributed by atoms with Crippen molar-refractivity contribution in [3.8, 4) is 0 Å². The fraction of sp³-hybridized carbons (Fsp3) is 0.467. The lowest BCUT2D eigenvalue weighted by atomic mass is 10.2. The molecule has 0 radical (unpaired) electrons. The van der Waals surface area contributed by atoms with Gasteiger partial charge in [-0.25, -0.2) is 4.79 Å². The zero-order valence-corrected chi connectivity index (χ0v) is 11.8. The summed E-state index contributed by atoms with van der Waals surface area (Å²) in [6, 6.07) is 9.53. The number of nitrogens with one attached hydrogen (secondary N) is 1. The van der Waals surface area contributed by atoms with Crippen LogP contribution in [0.25, 0.3) is 0 Å². The molecule has 1 aliphatic rings. The number of benzene rings is 1. The first-order valence-corrected chi connectivity index (χ1v) is 7.05. The summed E-state index contributed by atoms with van der Waals surface area (Å²) in [6.45, 7) is 1.43. The van der Waals surface area contributed by atoms with Crippen molar-refractivity contribution in [2.45, 2.75) is 25.5 Å².